The smallest absolute Gasteiger partial charge is 0.352 e. The summed E-state index contributed by atoms with van der Waals surface area (Å²) in [5, 5.41) is 5.04. The number of carbonyl (C=O) groups excluding carboxylic acids is 1. The molecule has 7 heteroatoms. The number of esters is 1. The van der Waals surface area contributed by atoms with E-state index in [0.29, 0.717) is 20.8 Å². The summed E-state index contributed by atoms with van der Waals surface area (Å²) in [5.41, 5.74) is 1.52. The minimum Gasteiger partial charge on any atom is -0.457 e. The lowest BCUT2D eigenvalue weighted by molar-refractivity contribution is 0.0477. The van der Waals surface area contributed by atoms with E-state index in [1.54, 1.807) is 18.2 Å². The van der Waals surface area contributed by atoms with Gasteiger partial charge in [0.1, 0.15) is 6.61 Å². The first-order valence-corrected chi connectivity index (χ1v) is 7.61. The van der Waals surface area contributed by atoms with Crippen molar-refractivity contribution in [3.8, 4) is 0 Å². The fraction of sp³-hybridized carbons (Fsp3) is 0.308. The zero-order valence-corrected chi connectivity index (χ0v) is 12.6. The molecule has 20 heavy (non-hydrogen) atoms. The summed E-state index contributed by atoms with van der Waals surface area (Å²) in [7, 11) is 0. The van der Waals surface area contributed by atoms with Gasteiger partial charge in [0.25, 0.3) is 0 Å². The standard InChI is InChI=1S/C13H10Cl2N2O2S/c14-9-3-7(4-10(15)5-9)6-19-13(18)12-11(8-1-2-8)16-17-20-12/h3-5,8H,1-2,6H2. The maximum atomic E-state index is 12.0. The monoisotopic (exact) mass is 328 g/mol. The Labute approximate surface area is 129 Å². The number of rotatable bonds is 4. The summed E-state index contributed by atoms with van der Waals surface area (Å²) in [6, 6.07) is 5.06. The summed E-state index contributed by atoms with van der Waals surface area (Å²) in [6.45, 7) is 0.126. The van der Waals surface area contributed by atoms with Gasteiger partial charge in [-0.05, 0) is 48.1 Å². The van der Waals surface area contributed by atoms with Crippen molar-refractivity contribution in [3.63, 3.8) is 0 Å². The van der Waals surface area contributed by atoms with Crippen LogP contribution in [0.4, 0.5) is 0 Å². The van der Waals surface area contributed by atoms with Gasteiger partial charge in [-0.25, -0.2) is 4.79 Å². The number of ether oxygens (including phenoxy) is 1. The maximum Gasteiger partial charge on any atom is 0.352 e. The summed E-state index contributed by atoms with van der Waals surface area (Å²) in [5.74, 6) is -0.0186. The number of hydrogen-bond acceptors (Lipinski definition) is 5. The Bertz CT molecular complexity index is 635. The molecule has 1 aromatic heterocycles. The normalized spacial score (nSPS) is 14.3. The quantitative estimate of drug-likeness (QED) is 0.793. The fourth-order valence-corrected chi connectivity index (χ4v) is 3.09. The van der Waals surface area contributed by atoms with Crippen molar-refractivity contribution in [2.75, 3.05) is 0 Å². The molecule has 1 aliphatic carbocycles. The molecule has 0 amide bonds. The van der Waals surface area contributed by atoms with Crippen LogP contribution in [-0.2, 0) is 11.3 Å². The molecule has 0 spiro atoms. The Balaban J connectivity index is 1.68. The third kappa shape index (κ3) is 3.11. The van der Waals surface area contributed by atoms with E-state index in [2.05, 4.69) is 9.59 Å². The predicted octanol–water partition coefficient (Wildman–Crippen LogP) is 4.08. The van der Waals surface area contributed by atoms with Crippen LogP contribution in [0.15, 0.2) is 18.2 Å². The maximum absolute atomic E-state index is 12.0. The van der Waals surface area contributed by atoms with Crippen LogP contribution in [0.3, 0.4) is 0 Å². The molecule has 3 rings (SSSR count). The van der Waals surface area contributed by atoms with E-state index in [1.165, 1.54) is 0 Å². The summed E-state index contributed by atoms with van der Waals surface area (Å²) >= 11 is 12.9. The third-order valence-corrected chi connectivity index (χ3v) is 4.11. The number of carbonyl (C=O) groups is 1. The lowest BCUT2D eigenvalue weighted by Gasteiger charge is -2.05. The summed E-state index contributed by atoms with van der Waals surface area (Å²) < 4.78 is 9.11. The van der Waals surface area contributed by atoms with Crippen LogP contribution < -0.4 is 0 Å². The minimum absolute atomic E-state index is 0.126. The van der Waals surface area contributed by atoms with Gasteiger partial charge in [0.15, 0.2) is 4.88 Å². The number of aromatic nitrogens is 2. The second-order valence-electron chi connectivity index (χ2n) is 4.62. The zero-order valence-electron chi connectivity index (χ0n) is 10.3. The van der Waals surface area contributed by atoms with Gasteiger partial charge in [-0.15, -0.1) is 5.10 Å². The molecule has 0 saturated heterocycles. The van der Waals surface area contributed by atoms with Gasteiger partial charge in [0.2, 0.25) is 0 Å². The van der Waals surface area contributed by atoms with Crippen LogP contribution in [0.2, 0.25) is 10.0 Å². The summed E-state index contributed by atoms with van der Waals surface area (Å²) in [6.07, 6.45) is 2.13. The molecule has 104 valence electrons. The molecule has 2 aromatic rings. The second-order valence-corrected chi connectivity index (χ2v) is 6.24. The van der Waals surface area contributed by atoms with Crippen molar-refractivity contribution >= 4 is 40.7 Å². The van der Waals surface area contributed by atoms with Gasteiger partial charge in [-0.3, -0.25) is 0 Å². The van der Waals surface area contributed by atoms with Crippen molar-refractivity contribution in [2.45, 2.75) is 25.4 Å². The van der Waals surface area contributed by atoms with E-state index < -0.39 is 5.97 Å². The highest BCUT2D eigenvalue weighted by molar-refractivity contribution is 7.07. The average molecular weight is 329 g/mol. The Hall–Kier alpha value is -1.17. The van der Waals surface area contributed by atoms with Gasteiger partial charge in [-0.2, -0.15) is 0 Å². The van der Waals surface area contributed by atoms with E-state index in [-0.39, 0.29) is 6.61 Å². The van der Waals surface area contributed by atoms with Gasteiger partial charge < -0.3 is 4.74 Å². The van der Waals surface area contributed by atoms with Crippen molar-refractivity contribution in [3.05, 3.63) is 44.4 Å². The molecule has 0 N–H and O–H groups in total. The molecule has 1 fully saturated rings. The molecule has 0 aliphatic heterocycles. The highest BCUT2D eigenvalue weighted by Gasteiger charge is 2.32. The van der Waals surface area contributed by atoms with E-state index in [1.807, 2.05) is 0 Å². The van der Waals surface area contributed by atoms with Crippen molar-refractivity contribution in [2.24, 2.45) is 0 Å². The van der Waals surface area contributed by atoms with E-state index >= 15 is 0 Å². The van der Waals surface area contributed by atoms with Crippen LogP contribution in [-0.4, -0.2) is 15.6 Å². The molecule has 1 saturated carbocycles. The van der Waals surface area contributed by atoms with Crippen LogP contribution in [0, 0.1) is 0 Å². The van der Waals surface area contributed by atoms with Crippen LogP contribution in [0.25, 0.3) is 0 Å². The van der Waals surface area contributed by atoms with Crippen LogP contribution >= 0.6 is 34.7 Å². The van der Waals surface area contributed by atoms with Crippen molar-refractivity contribution in [1.29, 1.82) is 0 Å². The SMILES string of the molecule is O=C(OCc1cc(Cl)cc(Cl)c1)c1snnc1C1CC1. The molecule has 1 aliphatic rings. The molecule has 4 nitrogen and oxygen atoms in total. The number of benzene rings is 1. The van der Waals surface area contributed by atoms with Gasteiger partial charge in [-0.1, -0.05) is 27.7 Å². The summed E-state index contributed by atoms with van der Waals surface area (Å²) in [4.78, 5) is 12.5. The second kappa shape index (κ2) is 5.68. The molecule has 1 aromatic carbocycles. The molecule has 0 radical (unpaired) electrons. The topological polar surface area (TPSA) is 52.1 Å². The lowest BCUT2D eigenvalue weighted by Crippen LogP contribution is -2.06. The first-order chi connectivity index (χ1) is 9.63. The number of nitrogens with zero attached hydrogens (tertiary/aromatic N) is 2. The van der Waals surface area contributed by atoms with Crippen LogP contribution in [0.1, 0.15) is 39.7 Å². The predicted molar refractivity (Wildman–Crippen MR) is 77.5 cm³/mol. The third-order valence-electron chi connectivity index (χ3n) is 2.96. The highest BCUT2D eigenvalue weighted by atomic mass is 35.5. The minimum atomic E-state index is -0.391. The molecule has 0 unspecified atom stereocenters. The molecule has 0 bridgehead atoms. The van der Waals surface area contributed by atoms with Gasteiger partial charge >= 0.3 is 5.97 Å². The van der Waals surface area contributed by atoms with Crippen molar-refractivity contribution in [1.82, 2.24) is 9.59 Å². The molecule has 1 heterocycles. The van der Waals surface area contributed by atoms with E-state index in [4.69, 9.17) is 27.9 Å². The van der Waals surface area contributed by atoms with E-state index in [0.717, 1.165) is 35.6 Å². The highest BCUT2D eigenvalue weighted by Crippen LogP contribution is 2.41. The lowest BCUT2D eigenvalue weighted by atomic mass is 10.2. The first-order valence-electron chi connectivity index (χ1n) is 6.08. The van der Waals surface area contributed by atoms with Gasteiger partial charge in [0, 0.05) is 16.0 Å². The molecular formula is C13H10Cl2N2O2S. The Morgan fingerprint density at radius 1 is 1.30 bits per heavy atom. The van der Waals surface area contributed by atoms with Crippen LogP contribution in [0.5, 0.6) is 0 Å². The molecule has 0 atom stereocenters. The molecular weight excluding hydrogens is 319 g/mol. The van der Waals surface area contributed by atoms with E-state index in [9.17, 15) is 4.79 Å². The fourth-order valence-electron chi connectivity index (χ4n) is 1.87. The van der Waals surface area contributed by atoms with Gasteiger partial charge in [0.05, 0.1) is 5.69 Å². The Kier molecular flexibility index (Phi) is 3.92. The zero-order chi connectivity index (χ0) is 14.1. The number of halogens is 2. The first kappa shape index (κ1) is 13.8. The average Bonchev–Trinajstić information content (AvgIpc) is 3.12. The largest absolute Gasteiger partial charge is 0.457 e. The Morgan fingerprint density at radius 2 is 2.00 bits per heavy atom. The Morgan fingerprint density at radius 3 is 2.65 bits per heavy atom. The number of hydrogen-bond donors (Lipinski definition) is 0. The van der Waals surface area contributed by atoms with Crippen molar-refractivity contribution < 1.29 is 9.53 Å².